The van der Waals surface area contributed by atoms with Gasteiger partial charge in [0.05, 0.1) is 7.11 Å². The predicted octanol–water partition coefficient (Wildman–Crippen LogP) is 3.32. The second-order valence-electron chi connectivity index (χ2n) is 7.86. The van der Waals surface area contributed by atoms with Crippen LogP contribution < -0.4 is 20.3 Å². The van der Waals surface area contributed by atoms with Crippen molar-refractivity contribution in [1.82, 2.24) is 15.5 Å². The van der Waals surface area contributed by atoms with E-state index in [-0.39, 0.29) is 24.0 Å². The maximum Gasteiger partial charge on any atom is 0.191 e. The highest BCUT2D eigenvalue weighted by molar-refractivity contribution is 14.0. The van der Waals surface area contributed by atoms with Gasteiger partial charge in [-0.25, -0.2) is 0 Å². The maximum atomic E-state index is 5.25. The fourth-order valence-corrected chi connectivity index (χ4v) is 4.17. The molecule has 7 heteroatoms. The molecule has 0 amide bonds. The summed E-state index contributed by atoms with van der Waals surface area (Å²) in [5.74, 6) is 1.89. The van der Waals surface area contributed by atoms with E-state index < -0.39 is 0 Å². The lowest BCUT2D eigenvalue weighted by atomic mass is 9.96. The lowest BCUT2D eigenvalue weighted by Crippen LogP contribution is -2.47. The van der Waals surface area contributed by atoms with E-state index in [9.17, 15) is 0 Å². The van der Waals surface area contributed by atoms with Gasteiger partial charge in [-0.05, 0) is 50.1 Å². The van der Waals surface area contributed by atoms with E-state index in [2.05, 4.69) is 37.6 Å². The first-order chi connectivity index (χ1) is 13.8. The van der Waals surface area contributed by atoms with Crippen LogP contribution >= 0.6 is 24.0 Å². The first kappa shape index (κ1) is 24.1. The summed E-state index contributed by atoms with van der Waals surface area (Å²) in [6.07, 6.45) is 7.77. The van der Waals surface area contributed by atoms with Crippen LogP contribution in [0.2, 0.25) is 0 Å². The molecule has 1 aromatic rings. The number of nitrogens with zero attached hydrogens (tertiary/aromatic N) is 3. The van der Waals surface area contributed by atoms with Crippen molar-refractivity contribution in [2.75, 3.05) is 58.3 Å². The molecule has 6 nitrogen and oxygen atoms in total. The highest BCUT2D eigenvalue weighted by Crippen LogP contribution is 2.20. The summed E-state index contributed by atoms with van der Waals surface area (Å²) in [7, 11) is 3.58. The SMILES string of the molecule is CN=C(NCCCN1CCN(c2ccc(OC)cc2)CC1)NC1CCCCC1.I. The van der Waals surface area contributed by atoms with Crippen LogP contribution in [0.25, 0.3) is 0 Å². The van der Waals surface area contributed by atoms with Crippen LogP contribution in [0.4, 0.5) is 5.69 Å². The Kier molecular flexibility index (Phi) is 10.9. The summed E-state index contributed by atoms with van der Waals surface area (Å²) in [5, 5.41) is 7.08. The maximum absolute atomic E-state index is 5.25. The molecule has 1 saturated heterocycles. The Labute approximate surface area is 193 Å². The number of halogens is 1. The summed E-state index contributed by atoms with van der Waals surface area (Å²) in [6.45, 7) is 6.55. The van der Waals surface area contributed by atoms with Gasteiger partial charge in [0.1, 0.15) is 5.75 Å². The Hall–Kier alpha value is -1.22. The Balaban J connectivity index is 0.00000300. The van der Waals surface area contributed by atoms with Crippen molar-refractivity contribution in [3.63, 3.8) is 0 Å². The first-order valence-electron chi connectivity index (χ1n) is 10.9. The molecule has 2 N–H and O–H groups in total. The van der Waals surface area contributed by atoms with Crippen LogP contribution in [0.3, 0.4) is 0 Å². The third kappa shape index (κ3) is 7.85. The highest BCUT2D eigenvalue weighted by atomic mass is 127. The summed E-state index contributed by atoms with van der Waals surface area (Å²) in [4.78, 5) is 9.42. The van der Waals surface area contributed by atoms with E-state index in [1.807, 2.05) is 19.2 Å². The van der Waals surface area contributed by atoms with Crippen molar-refractivity contribution in [3.8, 4) is 5.75 Å². The van der Waals surface area contributed by atoms with E-state index >= 15 is 0 Å². The standard InChI is InChI=1S/C22H37N5O.HI/c1-23-22(25-19-7-4-3-5-8-19)24-13-6-14-26-15-17-27(18-16-26)20-9-11-21(28-2)12-10-20;/h9-12,19H,3-8,13-18H2,1-2H3,(H2,23,24,25);1H. The van der Waals surface area contributed by atoms with Crippen molar-refractivity contribution in [2.24, 2.45) is 4.99 Å². The molecule has 0 spiro atoms. The van der Waals surface area contributed by atoms with E-state index in [0.29, 0.717) is 6.04 Å². The Morgan fingerprint density at radius 3 is 2.38 bits per heavy atom. The van der Waals surface area contributed by atoms with Gasteiger partial charge in [0, 0.05) is 51.5 Å². The summed E-state index contributed by atoms with van der Waals surface area (Å²) in [5.41, 5.74) is 1.29. The number of piperazine rings is 1. The zero-order chi connectivity index (χ0) is 19.6. The van der Waals surface area contributed by atoms with Gasteiger partial charge < -0.3 is 20.3 Å². The molecule has 1 aromatic carbocycles. The Morgan fingerprint density at radius 2 is 1.76 bits per heavy atom. The van der Waals surface area contributed by atoms with Gasteiger partial charge >= 0.3 is 0 Å². The third-order valence-corrected chi connectivity index (χ3v) is 5.92. The zero-order valence-electron chi connectivity index (χ0n) is 18.0. The normalized spacial score (nSPS) is 18.8. The highest BCUT2D eigenvalue weighted by Gasteiger charge is 2.17. The molecule has 0 bridgehead atoms. The molecule has 0 aromatic heterocycles. The summed E-state index contributed by atoms with van der Waals surface area (Å²) < 4.78 is 5.25. The number of benzene rings is 1. The minimum absolute atomic E-state index is 0. The molecule has 1 saturated carbocycles. The molecule has 29 heavy (non-hydrogen) atoms. The number of nitrogens with one attached hydrogen (secondary N) is 2. The summed E-state index contributed by atoms with van der Waals surface area (Å²) in [6, 6.07) is 9.00. The molecule has 1 heterocycles. The van der Waals surface area contributed by atoms with Crippen molar-refractivity contribution >= 4 is 35.6 Å². The number of guanidine groups is 1. The number of ether oxygens (including phenoxy) is 1. The second-order valence-corrected chi connectivity index (χ2v) is 7.86. The van der Waals surface area contributed by atoms with Crippen LogP contribution in [0.15, 0.2) is 29.3 Å². The topological polar surface area (TPSA) is 52.1 Å². The van der Waals surface area contributed by atoms with Crippen molar-refractivity contribution in [1.29, 1.82) is 0 Å². The number of methoxy groups -OCH3 is 1. The minimum atomic E-state index is 0. The quantitative estimate of drug-likeness (QED) is 0.253. The van der Waals surface area contributed by atoms with Gasteiger partial charge in [0.15, 0.2) is 5.96 Å². The van der Waals surface area contributed by atoms with Crippen molar-refractivity contribution < 1.29 is 4.74 Å². The van der Waals surface area contributed by atoms with Crippen LogP contribution in [-0.2, 0) is 0 Å². The average molecular weight is 515 g/mol. The van der Waals surface area contributed by atoms with Gasteiger partial charge in [-0.3, -0.25) is 9.89 Å². The largest absolute Gasteiger partial charge is 0.497 e. The average Bonchev–Trinajstić information content (AvgIpc) is 2.77. The van der Waals surface area contributed by atoms with E-state index in [1.165, 1.54) is 37.8 Å². The van der Waals surface area contributed by atoms with Crippen molar-refractivity contribution in [2.45, 2.75) is 44.6 Å². The fraction of sp³-hybridized carbons (Fsp3) is 0.682. The molecular weight excluding hydrogens is 477 g/mol. The Morgan fingerprint density at radius 1 is 1.07 bits per heavy atom. The zero-order valence-corrected chi connectivity index (χ0v) is 20.4. The summed E-state index contributed by atoms with van der Waals surface area (Å²) >= 11 is 0. The molecule has 164 valence electrons. The monoisotopic (exact) mass is 515 g/mol. The van der Waals surface area contributed by atoms with Crippen LogP contribution in [0.5, 0.6) is 5.75 Å². The lowest BCUT2D eigenvalue weighted by molar-refractivity contribution is 0.255. The van der Waals surface area contributed by atoms with Gasteiger partial charge in [-0.15, -0.1) is 24.0 Å². The number of hydrogen-bond acceptors (Lipinski definition) is 4. The van der Waals surface area contributed by atoms with Crippen LogP contribution in [0, 0.1) is 0 Å². The van der Waals surface area contributed by atoms with E-state index in [4.69, 9.17) is 4.74 Å². The molecule has 0 atom stereocenters. The predicted molar refractivity (Wildman–Crippen MR) is 133 cm³/mol. The fourth-order valence-electron chi connectivity index (χ4n) is 4.17. The Bertz CT molecular complexity index is 596. The molecule has 1 aliphatic heterocycles. The molecule has 2 fully saturated rings. The van der Waals surface area contributed by atoms with Gasteiger partial charge in [-0.1, -0.05) is 19.3 Å². The molecule has 1 aliphatic carbocycles. The number of anilines is 1. The number of rotatable bonds is 7. The van der Waals surface area contributed by atoms with Gasteiger partial charge in [0.2, 0.25) is 0 Å². The van der Waals surface area contributed by atoms with Crippen molar-refractivity contribution in [3.05, 3.63) is 24.3 Å². The van der Waals surface area contributed by atoms with Crippen LogP contribution in [-0.4, -0.2) is 70.3 Å². The van der Waals surface area contributed by atoms with E-state index in [0.717, 1.165) is 57.4 Å². The second kappa shape index (κ2) is 13.2. The number of hydrogen-bond donors (Lipinski definition) is 2. The number of aliphatic imine (C=N–C) groups is 1. The first-order valence-corrected chi connectivity index (χ1v) is 10.9. The molecule has 2 aliphatic rings. The van der Waals surface area contributed by atoms with E-state index in [1.54, 1.807) is 7.11 Å². The van der Waals surface area contributed by atoms with Crippen LogP contribution in [0.1, 0.15) is 38.5 Å². The molecule has 0 unspecified atom stereocenters. The molecular formula is C22H38IN5O. The van der Waals surface area contributed by atoms with Gasteiger partial charge in [-0.2, -0.15) is 0 Å². The molecule has 0 radical (unpaired) electrons. The third-order valence-electron chi connectivity index (χ3n) is 5.92. The molecule has 3 rings (SSSR count). The smallest absolute Gasteiger partial charge is 0.191 e. The van der Waals surface area contributed by atoms with Gasteiger partial charge in [0.25, 0.3) is 0 Å². The minimum Gasteiger partial charge on any atom is -0.497 e. The lowest BCUT2D eigenvalue weighted by Gasteiger charge is -2.36.